The van der Waals surface area contributed by atoms with Crippen LogP contribution in [-0.2, 0) is 10.8 Å². The average Bonchev–Trinajstić information content (AvgIpc) is 2.05. The van der Waals surface area contributed by atoms with Gasteiger partial charge >= 0.3 is 0 Å². The molecule has 0 aliphatic rings. The van der Waals surface area contributed by atoms with Crippen LogP contribution in [0.4, 0.5) is 5.69 Å². The van der Waals surface area contributed by atoms with E-state index in [1.54, 1.807) is 24.3 Å². The molecule has 0 heterocycles. The number of hydrogen-bond donors (Lipinski definition) is 1. The summed E-state index contributed by atoms with van der Waals surface area (Å²) in [6.07, 6.45) is 0. The van der Waals surface area contributed by atoms with Crippen LogP contribution in [0.1, 0.15) is 0 Å². The van der Waals surface area contributed by atoms with Crippen LogP contribution in [0.3, 0.4) is 0 Å². The van der Waals surface area contributed by atoms with Gasteiger partial charge in [0.05, 0.1) is 10.8 Å². The minimum absolute atomic E-state index is 0.676. The molecule has 0 aliphatic heterocycles. The van der Waals surface area contributed by atoms with Gasteiger partial charge in [-0.2, -0.15) is 0 Å². The van der Waals surface area contributed by atoms with Crippen molar-refractivity contribution in [1.82, 2.24) is 0 Å². The van der Waals surface area contributed by atoms with Gasteiger partial charge < -0.3 is 5.73 Å². The summed E-state index contributed by atoms with van der Waals surface area (Å²) in [7, 11) is -1.09. The smallest absolute Gasteiger partial charge is 0.0769 e. The lowest BCUT2D eigenvalue weighted by molar-refractivity contribution is 0.688. The van der Waals surface area contributed by atoms with Crippen molar-refractivity contribution < 1.29 is 4.21 Å². The zero-order chi connectivity index (χ0) is 8.27. The molecule has 2 N–H and O–H groups in total. The Morgan fingerprint density at radius 3 is 2.36 bits per heavy atom. The van der Waals surface area contributed by atoms with Crippen LogP contribution in [0, 0.1) is 0 Å². The Bertz CT molecular complexity index is 279. The summed E-state index contributed by atoms with van der Waals surface area (Å²) in [6.45, 7) is 3.43. The molecule has 0 fully saturated rings. The lowest BCUT2D eigenvalue weighted by Crippen LogP contribution is -1.87. The Morgan fingerprint density at radius 2 is 1.91 bits per heavy atom. The van der Waals surface area contributed by atoms with E-state index in [-0.39, 0.29) is 0 Å². The topological polar surface area (TPSA) is 43.1 Å². The molecule has 0 saturated heterocycles. The fourth-order valence-electron chi connectivity index (χ4n) is 0.698. The number of anilines is 1. The Kier molecular flexibility index (Phi) is 2.44. The fourth-order valence-corrected chi connectivity index (χ4v) is 1.29. The molecular formula is C8H9NOS. The van der Waals surface area contributed by atoms with Crippen molar-refractivity contribution in [3.05, 3.63) is 36.3 Å². The van der Waals surface area contributed by atoms with Gasteiger partial charge in [-0.15, -0.1) is 0 Å². The summed E-state index contributed by atoms with van der Waals surface area (Å²) in [5.74, 6) is 0. The van der Waals surface area contributed by atoms with Crippen LogP contribution < -0.4 is 5.73 Å². The summed E-state index contributed by atoms with van der Waals surface area (Å²) in [5.41, 5.74) is 6.12. The molecule has 2 nitrogen and oxygen atoms in total. The number of nitrogens with two attached hydrogens (primary N) is 1. The van der Waals surface area contributed by atoms with Gasteiger partial charge in [-0.05, 0) is 24.3 Å². The first kappa shape index (κ1) is 8.01. The number of rotatable bonds is 2. The summed E-state index contributed by atoms with van der Waals surface area (Å²) >= 11 is 0. The van der Waals surface area contributed by atoms with E-state index in [1.165, 1.54) is 5.41 Å². The van der Waals surface area contributed by atoms with E-state index in [0.717, 1.165) is 4.90 Å². The van der Waals surface area contributed by atoms with Crippen molar-refractivity contribution in [2.24, 2.45) is 0 Å². The summed E-state index contributed by atoms with van der Waals surface area (Å²) < 4.78 is 11.1. The lowest BCUT2D eigenvalue weighted by atomic mass is 10.3. The second kappa shape index (κ2) is 3.34. The Labute approximate surface area is 68.2 Å². The summed E-state index contributed by atoms with van der Waals surface area (Å²) in [4.78, 5) is 0.731. The molecule has 0 aliphatic carbocycles. The molecule has 58 valence electrons. The van der Waals surface area contributed by atoms with Gasteiger partial charge in [-0.25, -0.2) is 4.21 Å². The maximum absolute atomic E-state index is 11.1. The first-order valence-corrected chi connectivity index (χ1v) is 4.34. The van der Waals surface area contributed by atoms with E-state index in [4.69, 9.17) is 5.73 Å². The van der Waals surface area contributed by atoms with Crippen molar-refractivity contribution in [2.75, 3.05) is 5.73 Å². The van der Waals surface area contributed by atoms with Gasteiger partial charge in [0.15, 0.2) is 0 Å². The monoisotopic (exact) mass is 167 g/mol. The highest BCUT2D eigenvalue weighted by Crippen LogP contribution is 2.09. The third-order valence-corrected chi connectivity index (χ3v) is 2.30. The predicted octanol–water partition coefficient (Wildman–Crippen LogP) is 1.52. The molecule has 1 aromatic carbocycles. The van der Waals surface area contributed by atoms with Gasteiger partial charge in [0.2, 0.25) is 0 Å². The molecule has 1 unspecified atom stereocenters. The number of benzene rings is 1. The zero-order valence-corrected chi connectivity index (χ0v) is 6.80. The maximum Gasteiger partial charge on any atom is 0.0769 e. The Morgan fingerprint density at radius 1 is 1.36 bits per heavy atom. The van der Waals surface area contributed by atoms with Crippen LogP contribution in [0.5, 0.6) is 0 Å². The fraction of sp³-hybridized carbons (Fsp3) is 0. The lowest BCUT2D eigenvalue weighted by Gasteiger charge is -1.95. The van der Waals surface area contributed by atoms with Gasteiger partial charge in [-0.3, -0.25) is 0 Å². The van der Waals surface area contributed by atoms with Crippen molar-refractivity contribution in [1.29, 1.82) is 0 Å². The van der Waals surface area contributed by atoms with Crippen molar-refractivity contribution in [3.63, 3.8) is 0 Å². The molecular weight excluding hydrogens is 158 g/mol. The molecule has 0 spiro atoms. The zero-order valence-electron chi connectivity index (χ0n) is 5.99. The molecule has 1 atom stereocenters. The molecule has 0 radical (unpaired) electrons. The highest BCUT2D eigenvalue weighted by atomic mass is 32.2. The van der Waals surface area contributed by atoms with Crippen molar-refractivity contribution >= 4 is 16.5 Å². The molecule has 0 aromatic heterocycles. The highest BCUT2D eigenvalue weighted by molar-refractivity contribution is 7.88. The van der Waals surface area contributed by atoms with Crippen LogP contribution in [0.15, 0.2) is 41.1 Å². The van der Waals surface area contributed by atoms with E-state index < -0.39 is 10.8 Å². The third-order valence-electron chi connectivity index (χ3n) is 1.26. The van der Waals surface area contributed by atoms with E-state index in [2.05, 4.69) is 6.58 Å². The molecule has 1 aromatic rings. The van der Waals surface area contributed by atoms with Crippen LogP contribution in [0.25, 0.3) is 0 Å². The van der Waals surface area contributed by atoms with E-state index in [9.17, 15) is 4.21 Å². The maximum atomic E-state index is 11.1. The molecule has 0 saturated carbocycles. The highest BCUT2D eigenvalue weighted by Gasteiger charge is 1.96. The summed E-state index contributed by atoms with van der Waals surface area (Å²) in [6, 6.07) is 6.90. The number of hydrogen-bond acceptors (Lipinski definition) is 2. The van der Waals surface area contributed by atoms with Gasteiger partial charge in [0.1, 0.15) is 0 Å². The second-order valence-corrected chi connectivity index (χ2v) is 3.43. The number of nitrogen functional groups attached to an aromatic ring is 1. The van der Waals surface area contributed by atoms with E-state index in [1.807, 2.05) is 0 Å². The summed E-state index contributed by atoms with van der Waals surface area (Å²) in [5, 5.41) is 1.39. The first-order valence-electron chi connectivity index (χ1n) is 3.12. The largest absolute Gasteiger partial charge is 0.399 e. The molecule has 3 heteroatoms. The molecule has 0 amide bonds. The first-order chi connectivity index (χ1) is 5.24. The van der Waals surface area contributed by atoms with Gasteiger partial charge in [0.25, 0.3) is 0 Å². The average molecular weight is 167 g/mol. The standard InChI is InChI=1S/C8H9NOS/c1-2-11(10)8-5-3-7(9)4-6-8/h2-6H,1,9H2. The minimum Gasteiger partial charge on any atom is -0.399 e. The van der Waals surface area contributed by atoms with Crippen LogP contribution in [0.2, 0.25) is 0 Å². The second-order valence-electron chi connectivity index (χ2n) is 2.03. The Balaban J connectivity index is 2.98. The molecule has 1 rings (SSSR count). The quantitative estimate of drug-likeness (QED) is 0.678. The molecule has 0 bridgehead atoms. The van der Waals surface area contributed by atoms with Crippen LogP contribution >= 0.6 is 0 Å². The Hall–Kier alpha value is -1.09. The SMILES string of the molecule is C=CS(=O)c1ccc(N)cc1. The van der Waals surface area contributed by atoms with E-state index >= 15 is 0 Å². The minimum atomic E-state index is -1.09. The van der Waals surface area contributed by atoms with Crippen molar-refractivity contribution in [2.45, 2.75) is 4.90 Å². The van der Waals surface area contributed by atoms with E-state index in [0.29, 0.717) is 5.69 Å². The van der Waals surface area contributed by atoms with Crippen LogP contribution in [-0.4, -0.2) is 4.21 Å². The third kappa shape index (κ3) is 1.91. The molecule has 11 heavy (non-hydrogen) atoms. The van der Waals surface area contributed by atoms with Gasteiger partial charge in [0, 0.05) is 16.0 Å². The van der Waals surface area contributed by atoms with Gasteiger partial charge in [-0.1, -0.05) is 6.58 Å². The predicted molar refractivity (Wildman–Crippen MR) is 47.5 cm³/mol. The normalized spacial score (nSPS) is 12.4. The van der Waals surface area contributed by atoms with Crippen molar-refractivity contribution in [3.8, 4) is 0 Å².